The maximum absolute atomic E-state index is 6.33. The van der Waals surface area contributed by atoms with Crippen LogP contribution >= 0.6 is 44.3 Å². The fourth-order valence-corrected chi connectivity index (χ4v) is 2.99. The summed E-state index contributed by atoms with van der Waals surface area (Å²) in [6.45, 7) is 1.67. The molecule has 0 bridgehead atoms. The Labute approximate surface area is 125 Å². The van der Waals surface area contributed by atoms with Gasteiger partial charge in [0.05, 0.1) is 0 Å². The predicted molar refractivity (Wildman–Crippen MR) is 79.6 cm³/mol. The van der Waals surface area contributed by atoms with Crippen LogP contribution in [0.3, 0.4) is 0 Å². The van der Waals surface area contributed by atoms with Gasteiger partial charge >= 0.3 is 0 Å². The van der Waals surface area contributed by atoms with Crippen LogP contribution in [0.25, 0.3) is 0 Å². The summed E-state index contributed by atoms with van der Waals surface area (Å²) in [5.74, 6) is 0.527. The largest absolute Gasteiger partial charge is 0.381 e. The average Bonchev–Trinajstić information content (AvgIpc) is 2.32. The van der Waals surface area contributed by atoms with Gasteiger partial charge in [-0.2, -0.15) is 0 Å². The standard InChI is InChI=1S/C12H15Br2NO.ClH/c13-9-1-2-11(14)10(7-9)12(15)8-3-5-16-6-4-8;/h1-2,7-8,12H,3-6,15H2;1H/t12-;/m0./s1. The third-order valence-electron chi connectivity index (χ3n) is 3.09. The van der Waals surface area contributed by atoms with Crippen molar-refractivity contribution in [2.24, 2.45) is 11.7 Å². The molecule has 1 aromatic carbocycles. The molecule has 5 heteroatoms. The molecule has 1 saturated heterocycles. The minimum Gasteiger partial charge on any atom is -0.381 e. The Morgan fingerprint density at radius 1 is 1.24 bits per heavy atom. The number of halogens is 3. The van der Waals surface area contributed by atoms with Crippen LogP contribution in [0.1, 0.15) is 24.4 Å². The smallest absolute Gasteiger partial charge is 0.0469 e. The summed E-state index contributed by atoms with van der Waals surface area (Å²) in [4.78, 5) is 0. The molecule has 1 aliphatic heterocycles. The van der Waals surface area contributed by atoms with E-state index in [1.165, 1.54) is 5.56 Å². The van der Waals surface area contributed by atoms with Gasteiger partial charge in [-0.1, -0.05) is 31.9 Å². The molecule has 1 fully saturated rings. The van der Waals surface area contributed by atoms with Gasteiger partial charge in [0, 0.05) is 28.2 Å². The maximum atomic E-state index is 6.33. The van der Waals surface area contributed by atoms with E-state index in [9.17, 15) is 0 Å². The van der Waals surface area contributed by atoms with Crippen molar-refractivity contribution in [1.29, 1.82) is 0 Å². The van der Waals surface area contributed by atoms with E-state index in [0.717, 1.165) is 35.0 Å². The molecule has 2 nitrogen and oxygen atoms in total. The van der Waals surface area contributed by atoms with Crippen LogP contribution in [-0.4, -0.2) is 13.2 Å². The monoisotopic (exact) mass is 383 g/mol. The first-order chi connectivity index (χ1) is 7.68. The zero-order chi connectivity index (χ0) is 11.5. The molecule has 2 N–H and O–H groups in total. The fraction of sp³-hybridized carbons (Fsp3) is 0.500. The van der Waals surface area contributed by atoms with Crippen LogP contribution in [0, 0.1) is 5.92 Å². The summed E-state index contributed by atoms with van der Waals surface area (Å²) in [6, 6.07) is 6.25. The summed E-state index contributed by atoms with van der Waals surface area (Å²) in [6.07, 6.45) is 2.11. The van der Waals surface area contributed by atoms with Crippen LogP contribution in [0.15, 0.2) is 27.1 Å². The lowest BCUT2D eigenvalue weighted by Gasteiger charge is -2.28. The Balaban J connectivity index is 0.00000144. The topological polar surface area (TPSA) is 35.2 Å². The third-order valence-corrected chi connectivity index (χ3v) is 4.31. The number of rotatable bonds is 2. The molecule has 96 valence electrons. The first-order valence-electron chi connectivity index (χ1n) is 5.47. The van der Waals surface area contributed by atoms with Gasteiger partial charge in [0.2, 0.25) is 0 Å². The minimum atomic E-state index is 0. The molecule has 0 saturated carbocycles. The first-order valence-corrected chi connectivity index (χ1v) is 7.05. The van der Waals surface area contributed by atoms with Gasteiger partial charge in [-0.05, 0) is 42.5 Å². The molecule has 0 aliphatic carbocycles. The second kappa shape index (κ2) is 7.10. The SMILES string of the molecule is Cl.N[C@H](c1cc(Br)ccc1Br)C1CCOCC1. The van der Waals surface area contributed by atoms with E-state index < -0.39 is 0 Å². The molecule has 0 spiro atoms. The quantitative estimate of drug-likeness (QED) is 0.833. The zero-order valence-electron chi connectivity index (χ0n) is 9.36. The molecule has 1 atom stereocenters. The normalized spacial score (nSPS) is 18.5. The highest BCUT2D eigenvalue weighted by molar-refractivity contribution is 9.11. The number of hydrogen-bond donors (Lipinski definition) is 1. The molecule has 2 rings (SSSR count). The van der Waals surface area contributed by atoms with Crippen LogP contribution < -0.4 is 5.73 Å². The Hall–Kier alpha value is 0.390. The van der Waals surface area contributed by atoms with E-state index in [1.54, 1.807) is 0 Å². The van der Waals surface area contributed by atoms with Gasteiger partial charge in [-0.15, -0.1) is 12.4 Å². The van der Waals surface area contributed by atoms with E-state index in [4.69, 9.17) is 10.5 Å². The Bertz CT molecular complexity index is 370. The van der Waals surface area contributed by atoms with E-state index in [1.807, 2.05) is 12.1 Å². The maximum Gasteiger partial charge on any atom is 0.0469 e. The number of hydrogen-bond acceptors (Lipinski definition) is 2. The highest BCUT2D eigenvalue weighted by Gasteiger charge is 2.23. The molecule has 0 amide bonds. The number of benzene rings is 1. The molecule has 1 heterocycles. The highest BCUT2D eigenvalue weighted by Crippen LogP contribution is 2.33. The van der Waals surface area contributed by atoms with Gasteiger partial charge in [-0.3, -0.25) is 0 Å². The van der Waals surface area contributed by atoms with Gasteiger partial charge in [0.15, 0.2) is 0 Å². The summed E-state index contributed by atoms with van der Waals surface area (Å²) in [5.41, 5.74) is 7.51. The lowest BCUT2D eigenvalue weighted by Crippen LogP contribution is -2.27. The van der Waals surface area contributed by atoms with Crippen molar-refractivity contribution in [2.45, 2.75) is 18.9 Å². The summed E-state index contributed by atoms with van der Waals surface area (Å²) < 4.78 is 7.53. The van der Waals surface area contributed by atoms with Crippen molar-refractivity contribution >= 4 is 44.3 Å². The number of ether oxygens (including phenoxy) is 1. The predicted octanol–water partition coefficient (Wildman–Crippen LogP) is 4.06. The van der Waals surface area contributed by atoms with Gasteiger partial charge in [0.1, 0.15) is 0 Å². The highest BCUT2D eigenvalue weighted by atomic mass is 79.9. The first kappa shape index (κ1) is 15.4. The van der Waals surface area contributed by atoms with Crippen molar-refractivity contribution in [3.05, 3.63) is 32.7 Å². The van der Waals surface area contributed by atoms with E-state index >= 15 is 0 Å². The molecule has 1 aromatic rings. The van der Waals surface area contributed by atoms with Crippen molar-refractivity contribution in [3.8, 4) is 0 Å². The molecule has 0 unspecified atom stereocenters. The van der Waals surface area contributed by atoms with Gasteiger partial charge < -0.3 is 10.5 Å². The third kappa shape index (κ3) is 3.93. The Morgan fingerprint density at radius 3 is 2.53 bits per heavy atom. The molecule has 0 aromatic heterocycles. The van der Waals surface area contributed by atoms with Crippen molar-refractivity contribution in [2.75, 3.05) is 13.2 Å². The Morgan fingerprint density at radius 2 is 1.88 bits per heavy atom. The summed E-state index contributed by atoms with van der Waals surface area (Å²) >= 11 is 7.05. The van der Waals surface area contributed by atoms with E-state index in [-0.39, 0.29) is 18.4 Å². The lowest BCUT2D eigenvalue weighted by molar-refractivity contribution is 0.0583. The van der Waals surface area contributed by atoms with Crippen molar-refractivity contribution in [1.82, 2.24) is 0 Å². The van der Waals surface area contributed by atoms with Crippen LogP contribution in [0.2, 0.25) is 0 Å². The summed E-state index contributed by atoms with van der Waals surface area (Å²) in [7, 11) is 0. The Kier molecular flexibility index (Phi) is 6.45. The number of nitrogens with two attached hydrogens (primary N) is 1. The summed E-state index contributed by atoms with van der Waals surface area (Å²) in [5, 5.41) is 0. The zero-order valence-corrected chi connectivity index (χ0v) is 13.4. The average molecular weight is 386 g/mol. The lowest BCUT2D eigenvalue weighted by atomic mass is 9.88. The van der Waals surface area contributed by atoms with Crippen molar-refractivity contribution in [3.63, 3.8) is 0 Å². The second-order valence-electron chi connectivity index (χ2n) is 4.14. The minimum absolute atomic E-state index is 0. The second-order valence-corrected chi connectivity index (χ2v) is 5.91. The van der Waals surface area contributed by atoms with E-state index in [0.29, 0.717) is 5.92 Å². The van der Waals surface area contributed by atoms with E-state index in [2.05, 4.69) is 37.9 Å². The molecule has 17 heavy (non-hydrogen) atoms. The van der Waals surface area contributed by atoms with Crippen molar-refractivity contribution < 1.29 is 4.74 Å². The van der Waals surface area contributed by atoms with Crippen LogP contribution in [0.5, 0.6) is 0 Å². The fourth-order valence-electron chi connectivity index (χ4n) is 2.10. The van der Waals surface area contributed by atoms with Gasteiger partial charge in [-0.25, -0.2) is 0 Å². The van der Waals surface area contributed by atoms with Crippen LogP contribution in [0.4, 0.5) is 0 Å². The van der Waals surface area contributed by atoms with Gasteiger partial charge in [0.25, 0.3) is 0 Å². The molecular formula is C12H16Br2ClNO. The van der Waals surface area contributed by atoms with Crippen LogP contribution in [-0.2, 0) is 4.74 Å². The molecule has 1 aliphatic rings. The molecule has 0 radical (unpaired) electrons. The molecular weight excluding hydrogens is 369 g/mol.